The minimum Gasteiger partial charge on any atom is -0.383 e. The number of carbonyl (C=O) groups is 1. The van der Waals surface area contributed by atoms with Gasteiger partial charge in [-0.15, -0.1) is 0 Å². The summed E-state index contributed by atoms with van der Waals surface area (Å²) in [6.07, 6.45) is 1.75. The molecule has 0 aliphatic heterocycles. The number of nitrogens with zero attached hydrogens (tertiary/aromatic N) is 1. The van der Waals surface area contributed by atoms with Crippen molar-refractivity contribution in [2.24, 2.45) is 0 Å². The van der Waals surface area contributed by atoms with Gasteiger partial charge < -0.3 is 9.08 Å². The van der Waals surface area contributed by atoms with Crippen LogP contribution in [0.15, 0.2) is 48.5 Å². The molecule has 0 aromatic heterocycles. The van der Waals surface area contributed by atoms with Crippen LogP contribution in [0.1, 0.15) is 36.2 Å². The molecule has 0 saturated heterocycles. The molecular weight excluding hydrogens is 357 g/mol. The van der Waals surface area contributed by atoms with Crippen LogP contribution in [0.4, 0.5) is 4.39 Å². The van der Waals surface area contributed by atoms with Crippen LogP contribution < -0.4 is 4.18 Å². The van der Waals surface area contributed by atoms with E-state index in [9.17, 15) is 17.6 Å². The normalized spacial score (nSPS) is 12.5. The second-order valence-corrected chi connectivity index (χ2v) is 7.70. The first-order valence-electron chi connectivity index (χ1n) is 8.24. The van der Waals surface area contributed by atoms with Crippen LogP contribution in [0.2, 0.25) is 0 Å². The first-order chi connectivity index (χ1) is 12.2. The summed E-state index contributed by atoms with van der Waals surface area (Å²) in [7, 11) is -3.58. The van der Waals surface area contributed by atoms with Gasteiger partial charge >= 0.3 is 10.1 Å². The van der Waals surface area contributed by atoms with Gasteiger partial charge in [0.25, 0.3) is 5.91 Å². The Labute approximate surface area is 153 Å². The first-order valence-corrected chi connectivity index (χ1v) is 10.1. The summed E-state index contributed by atoms with van der Waals surface area (Å²) in [4.78, 5) is 14.5. The molecule has 0 spiro atoms. The molecule has 0 bridgehead atoms. The van der Waals surface area contributed by atoms with Crippen molar-refractivity contribution in [2.45, 2.75) is 32.9 Å². The SMILES string of the molecule is CC[C@@H](C)N(Cc1ccc(OS(C)(=O)=O)cc1)C(=O)c1ccc(F)cc1. The third-order valence-electron chi connectivity index (χ3n) is 4.00. The van der Waals surface area contributed by atoms with Crippen molar-refractivity contribution < 1.29 is 21.8 Å². The lowest BCUT2D eigenvalue weighted by Gasteiger charge is -2.29. The average molecular weight is 379 g/mol. The van der Waals surface area contributed by atoms with Crippen molar-refractivity contribution in [1.82, 2.24) is 4.90 Å². The third-order valence-corrected chi connectivity index (χ3v) is 4.49. The number of hydrogen-bond acceptors (Lipinski definition) is 4. The third kappa shape index (κ3) is 5.56. The van der Waals surface area contributed by atoms with Crippen LogP contribution in [0, 0.1) is 5.82 Å². The van der Waals surface area contributed by atoms with Crippen molar-refractivity contribution in [3.8, 4) is 5.75 Å². The van der Waals surface area contributed by atoms with E-state index in [0.717, 1.165) is 18.2 Å². The van der Waals surface area contributed by atoms with Gasteiger partial charge in [-0.2, -0.15) is 8.42 Å². The van der Waals surface area contributed by atoms with E-state index >= 15 is 0 Å². The molecule has 26 heavy (non-hydrogen) atoms. The summed E-state index contributed by atoms with van der Waals surface area (Å²) in [5, 5.41) is 0. The van der Waals surface area contributed by atoms with Crippen molar-refractivity contribution in [2.75, 3.05) is 6.26 Å². The van der Waals surface area contributed by atoms with Gasteiger partial charge in [-0.3, -0.25) is 4.79 Å². The topological polar surface area (TPSA) is 63.7 Å². The molecule has 0 aliphatic rings. The highest BCUT2D eigenvalue weighted by Gasteiger charge is 2.21. The van der Waals surface area contributed by atoms with Crippen molar-refractivity contribution in [3.05, 3.63) is 65.5 Å². The second kappa shape index (κ2) is 8.31. The Kier molecular flexibility index (Phi) is 6.37. The van der Waals surface area contributed by atoms with E-state index in [2.05, 4.69) is 0 Å². The van der Waals surface area contributed by atoms with Crippen LogP contribution in [-0.2, 0) is 16.7 Å². The number of rotatable bonds is 7. The Hall–Kier alpha value is -2.41. The summed E-state index contributed by atoms with van der Waals surface area (Å²) in [6, 6.07) is 12.0. The van der Waals surface area contributed by atoms with Gasteiger partial charge in [0.2, 0.25) is 0 Å². The van der Waals surface area contributed by atoms with Crippen LogP contribution in [0.3, 0.4) is 0 Å². The molecule has 2 rings (SSSR count). The number of benzene rings is 2. The fourth-order valence-corrected chi connectivity index (χ4v) is 2.89. The van der Waals surface area contributed by atoms with Gasteiger partial charge in [0, 0.05) is 18.2 Å². The molecule has 1 atom stereocenters. The fraction of sp³-hybridized carbons (Fsp3) is 0.316. The minimum absolute atomic E-state index is 0.0144. The average Bonchev–Trinajstić information content (AvgIpc) is 2.59. The monoisotopic (exact) mass is 379 g/mol. The quantitative estimate of drug-likeness (QED) is 0.690. The van der Waals surface area contributed by atoms with E-state index < -0.39 is 15.9 Å². The summed E-state index contributed by atoms with van der Waals surface area (Å²) in [6.45, 7) is 4.28. The van der Waals surface area contributed by atoms with Crippen molar-refractivity contribution in [1.29, 1.82) is 0 Å². The van der Waals surface area contributed by atoms with Crippen LogP contribution >= 0.6 is 0 Å². The molecule has 140 valence electrons. The van der Waals surface area contributed by atoms with Crippen LogP contribution in [0.25, 0.3) is 0 Å². The molecule has 0 N–H and O–H groups in total. The fourth-order valence-electron chi connectivity index (χ4n) is 2.43. The lowest BCUT2D eigenvalue weighted by atomic mass is 10.1. The summed E-state index contributed by atoms with van der Waals surface area (Å²) in [5.41, 5.74) is 1.25. The maximum absolute atomic E-state index is 13.1. The Morgan fingerprint density at radius 1 is 1.12 bits per heavy atom. The molecule has 0 heterocycles. The summed E-state index contributed by atoms with van der Waals surface area (Å²) < 4.78 is 40.2. The minimum atomic E-state index is -3.58. The molecule has 5 nitrogen and oxygen atoms in total. The van der Waals surface area contributed by atoms with Gasteiger partial charge in [-0.05, 0) is 55.3 Å². The molecule has 0 unspecified atom stereocenters. The molecule has 2 aromatic carbocycles. The molecule has 2 aromatic rings. The highest BCUT2D eigenvalue weighted by molar-refractivity contribution is 7.86. The summed E-state index contributed by atoms with van der Waals surface area (Å²) >= 11 is 0. The Balaban J connectivity index is 2.20. The zero-order valence-electron chi connectivity index (χ0n) is 15.0. The highest BCUT2D eigenvalue weighted by atomic mass is 32.2. The molecule has 1 amide bonds. The van der Waals surface area contributed by atoms with E-state index in [4.69, 9.17) is 4.18 Å². The zero-order valence-corrected chi connectivity index (χ0v) is 15.8. The first kappa shape index (κ1) is 19.9. The van der Waals surface area contributed by atoms with Crippen LogP contribution in [-0.4, -0.2) is 31.5 Å². The molecule has 0 aliphatic carbocycles. The Morgan fingerprint density at radius 2 is 1.69 bits per heavy atom. The molecule has 0 radical (unpaired) electrons. The largest absolute Gasteiger partial charge is 0.383 e. The van der Waals surface area contributed by atoms with E-state index in [1.165, 1.54) is 24.3 Å². The van der Waals surface area contributed by atoms with E-state index in [1.54, 1.807) is 29.2 Å². The molecule has 0 saturated carbocycles. The van der Waals surface area contributed by atoms with E-state index in [1.807, 2.05) is 13.8 Å². The van der Waals surface area contributed by atoms with Crippen LogP contribution in [0.5, 0.6) is 5.75 Å². The molecule has 7 heteroatoms. The van der Waals surface area contributed by atoms with Gasteiger partial charge in [0.15, 0.2) is 0 Å². The number of amides is 1. The van der Waals surface area contributed by atoms with Gasteiger partial charge in [0.1, 0.15) is 11.6 Å². The number of halogens is 1. The van der Waals surface area contributed by atoms with Gasteiger partial charge in [0.05, 0.1) is 6.26 Å². The van der Waals surface area contributed by atoms with Crippen molar-refractivity contribution in [3.63, 3.8) is 0 Å². The van der Waals surface area contributed by atoms with E-state index in [0.29, 0.717) is 12.1 Å². The van der Waals surface area contributed by atoms with E-state index in [-0.39, 0.29) is 17.7 Å². The summed E-state index contributed by atoms with van der Waals surface area (Å²) in [5.74, 6) is -0.356. The predicted octanol–water partition coefficient (Wildman–Crippen LogP) is 3.61. The Morgan fingerprint density at radius 3 is 2.19 bits per heavy atom. The van der Waals surface area contributed by atoms with Gasteiger partial charge in [-0.25, -0.2) is 4.39 Å². The molecular formula is C19H22FNO4S. The molecule has 0 fully saturated rings. The Bertz CT molecular complexity index is 848. The van der Waals surface area contributed by atoms with Crippen molar-refractivity contribution >= 4 is 16.0 Å². The second-order valence-electron chi connectivity index (χ2n) is 6.13. The number of hydrogen-bond donors (Lipinski definition) is 0. The standard InChI is InChI=1S/C19H22FNO4S/c1-4-14(2)21(19(22)16-7-9-17(20)10-8-16)13-15-5-11-18(12-6-15)25-26(3,23)24/h5-12,14H,4,13H2,1-3H3/t14-/m1/s1. The maximum atomic E-state index is 13.1. The zero-order chi connectivity index (χ0) is 19.3. The lowest BCUT2D eigenvalue weighted by Crippen LogP contribution is -2.37. The number of carbonyl (C=O) groups excluding carboxylic acids is 1. The smallest absolute Gasteiger partial charge is 0.306 e. The lowest BCUT2D eigenvalue weighted by molar-refractivity contribution is 0.0671. The predicted molar refractivity (Wildman–Crippen MR) is 97.9 cm³/mol. The maximum Gasteiger partial charge on any atom is 0.306 e. The highest BCUT2D eigenvalue weighted by Crippen LogP contribution is 2.19. The van der Waals surface area contributed by atoms with Gasteiger partial charge in [-0.1, -0.05) is 19.1 Å².